The van der Waals surface area contributed by atoms with Crippen molar-refractivity contribution >= 4 is 22.6 Å². The number of carbonyl (C=O) groups is 1. The molecule has 1 fully saturated rings. The number of fused-ring (bicyclic) bond motifs is 1. The van der Waals surface area contributed by atoms with Crippen LogP contribution in [-0.4, -0.2) is 36.9 Å². The van der Waals surface area contributed by atoms with Crippen LogP contribution in [0.3, 0.4) is 0 Å². The van der Waals surface area contributed by atoms with Gasteiger partial charge in [0.05, 0.1) is 23.6 Å². The number of β-lactam (4-membered cyclic amide) rings is 1. The molecule has 1 aliphatic heterocycles. The lowest BCUT2D eigenvalue weighted by Gasteiger charge is -2.44. The molecule has 1 saturated heterocycles. The number of imidazole rings is 1. The lowest BCUT2D eigenvalue weighted by atomic mass is 9.88. The summed E-state index contributed by atoms with van der Waals surface area (Å²) in [4.78, 5) is 20.3. The number of aliphatic hydroxyl groups excluding tert-OH is 1. The summed E-state index contributed by atoms with van der Waals surface area (Å²) in [5, 5.41) is 13.3. The first-order chi connectivity index (χ1) is 15.1. The highest BCUT2D eigenvalue weighted by Gasteiger charge is 2.50. The van der Waals surface area contributed by atoms with E-state index in [0.29, 0.717) is 17.2 Å². The largest absolute Gasteiger partial charge is 0.504 e. The summed E-state index contributed by atoms with van der Waals surface area (Å²) in [7, 11) is 0. The van der Waals surface area contributed by atoms with E-state index in [-0.39, 0.29) is 21.5 Å². The molecule has 4 aromatic rings. The Kier molecular flexibility index (Phi) is 4.31. The minimum absolute atomic E-state index is 0.155. The van der Waals surface area contributed by atoms with Gasteiger partial charge in [-0.1, -0.05) is 0 Å². The van der Waals surface area contributed by atoms with Gasteiger partial charge in [0.25, 0.3) is 5.91 Å². The van der Waals surface area contributed by atoms with Gasteiger partial charge in [0.2, 0.25) is 0 Å². The number of nitrogens with zero attached hydrogens (tertiary/aromatic N) is 4. The third-order valence-corrected chi connectivity index (χ3v) is 5.30. The topological polar surface area (TPSA) is 87.0 Å². The smallest absolute Gasteiger partial charge is 0.381 e. The molecule has 7 nitrogen and oxygen atoms in total. The van der Waals surface area contributed by atoms with Crippen molar-refractivity contribution in [3.8, 4) is 11.1 Å². The molecule has 0 saturated carbocycles. The summed E-state index contributed by atoms with van der Waals surface area (Å²) in [6, 6.07) is 5.00. The average molecular weight is 449 g/mol. The van der Waals surface area contributed by atoms with Crippen LogP contribution in [0.25, 0.3) is 22.2 Å². The van der Waals surface area contributed by atoms with Crippen molar-refractivity contribution in [1.29, 1.82) is 0 Å². The molecule has 0 unspecified atom stereocenters. The maximum Gasteiger partial charge on any atom is 0.504 e. The Morgan fingerprint density at radius 3 is 2.44 bits per heavy atom. The minimum Gasteiger partial charge on any atom is -0.381 e. The third kappa shape index (κ3) is 3.02. The zero-order chi connectivity index (χ0) is 22.8. The van der Waals surface area contributed by atoms with Gasteiger partial charge in [-0.3, -0.25) is 9.69 Å². The zero-order valence-corrected chi connectivity index (χ0v) is 15.8. The average Bonchev–Trinajstić information content (AvgIpc) is 3.41. The lowest BCUT2D eigenvalue weighted by molar-refractivity contribution is -0.212. The summed E-state index contributed by atoms with van der Waals surface area (Å²) >= 11 is 0. The highest BCUT2D eigenvalue weighted by molar-refractivity contribution is 6.05. The fourth-order valence-electron chi connectivity index (χ4n) is 3.76. The maximum absolute atomic E-state index is 14.9. The second kappa shape index (κ2) is 6.85. The molecule has 0 radical (unpaired) electrons. The molecule has 2 aromatic carbocycles. The first-order valence-electron chi connectivity index (χ1n) is 9.20. The molecule has 2 N–H and O–H groups in total. The van der Waals surface area contributed by atoms with Crippen molar-refractivity contribution in [2.24, 2.45) is 0 Å². The number of carbonyl (C=O) groups excluding carboxylic acids is 1. The van der Waals surface area contributed by atoms with Gasteiger partial charge < -0.3 is 10.1 Å². The van der Waals surface area contributed by atoms with E-state index in [9.17, 15) is 31.9 Å². The molecule has 0 aliphatic carbocycles. The van der Waals surface area contributed by atoms with E-state index in [1.807, 2.05) is 0 Å². The van der Waals surface area contributed by atoms with E-state index < -0.39 is 41.6 Å². The van der Waals surface area contributed by atoms with Gasteiger partial charge in [-0.15, -0.1) is 13.2 Å². The van der Waals surface area contributed by atoms with Gasteiger partial charge in [0.1, 0.15) is 17.7 Å². The standard InChI is InChI=1S/C20H12F5N5O2/c21-12-3-9(10-6-28-29(7-10)20(23,24)25)4-13(22)16(12)17-18(31)19(32)30(17)11-1-2-14-15(5-11)27-8-26-14/h1-8,17-18,31H,(H,26,27)/t17-,18+/m0/s1. The molecule has 1 amide bonds. The summed E-state index contributed by atoms with van der Waals surface area (Å²) in [5.74, 6) is -3.00. The molecule has 12 heteroatoms. The number of nitrogens with one attached hydrogen (secondary N) is 1. The first-order valence-corrected chi connectivity index (χ1v) is 9.20. The molecule has 164 valence electrons. The van der Waals surface area contributed by atoms with Gasteiger partial charge in [-0.05, 0) is 35.9 Å². The quantitative estimate of drug-likeness (QED) is 0.370. The van der Waals surface area contributed by atoms with E-state index >= 15 is 0 Å². The highest BCUT2D eigenvalue weighted by atomic mass is 19.4. The molecular weight excluding hydrogens is 437 g/mol. The van der Waals surface area contributed by atoms with Crippen LogP contribution in [0.5, 0.6) is 0 Å². The summed E-state index contributed by atoms with van der Waals surface area (Å²) < 4.78 is 67.8. The van der Waals surface area contributed by atoms with Crippen LogP contribution in [0.2, 0.25) is 0 Å². The number of hydrogen-bond donors (Lipinski definition) is 2. The van der Waals surface area contributed by atoms with E-state index in [1.54, 1.807) is 6.07 Å². The predicted octanol–water partition coefficient (Wildman–Crippen LogP) is 3.63. The predicted molar refractivity (Wildman–Crippen MR) is 101 cm³/mol. The second-order valence-corrected chi connectivity index (χ2v) is 7.20. The Labute approximate surface area is 175 Å². The summed E-state index contributed by atoms with van der Waals surface area (Å²) in [6.45, 7) is 0. The molecule has 1 aliphatic rings. The van der Waals surface area contributed by atoms with Gasteiger partial charge in [0, 0.05) is 23.0 Å². The molecule has 2 atom stereocenters. The Hall–Kier alpha value is -3.80. The molecule has 32 heavy (non-hydrogen) atoms. The van der Waals surface area contributed by atoms with Crippen LogP contribution in [0.1, 0.15) is 11.6 Å². The fraction of sp³-hybridized carbons (Fsp3) is 0.150. The van der Waals surface area contributed by atoms with Crippen molar-refractivity contribution in [2.45, 2.75) is 18.4 Å². The molecule has 0 bridgehead atoms. The van der Waals surface area contributed by atoms with Crippen LogP contribution >= 0.6 is 0 Å². The van der Waals surface area contributed by atoms with Crippen LogP contribution < -0.4 is 4.90 Å². The fourth-order valence-corrected chi connectivity index (χ4v) is 3.76. The third-order valence-electron chi connectivity index (χ3n) is 5.30. The van der Waals surface area contributed by atoms with Gasteiger partial charge in [0.15, 0.2) is 6.10 Å². The number of H-pyrrole nitrogens is 1. The number of anilines is 1. The second-order valence-electron chi connectivity index (χ2n) is 7.20. The van der Waals surface area contributed by atoms with Crippen molar-refractivity contribution in [2.75, 3.05) is 4.90 Å². The van der Waals surface area contributed by atoms with Crippen LogP contribution in [-0.2, 0) is 11.1 Å². The van der Waals surface area contributed by atoms with E-state index in [1.165, 1.54) is 18.5 Å². The Bertz CT molecular complexity index is 1340. The Morgan fingerprint density at radius 1 is 1.06 bits per heavy atom. The number of aromatic amines is 1. The molecule has 0 spiro atoms. The molecule has 3 heterocycles. The van der Waals surface area contributed by atoms with E-state index in [2.05, 4.69) is 15.1 Å². The molecular formula is C20H12F5N5O2. The van der Waals surface area contributed by atoms with Crippen LogP contribution in [0, 0.1) is 11.6 Å². The molecule has 2 aromatic heterocycles. The number of benzene rings is 2. The first kappa shape index (κ1) is 20.1. The lowest BCUT2D eigenvalue weighted by Crippen LogP contribution is -2.59. The number of aliphatic hydroxyl groups is 1. The maximum atomic E-state index is 14.9. The number of hydrogen-bond acceptors (Lipinski definition) is 4. The Morgan fingerprint density at radius 2 is 1.78 bits per heavy atom. The highest BCUT2D eigenvalue weighted by Crippen LogP contribution is 2.42. The van der Waals surface area contributed by atoms with E-state index in [0.717, 1.165) is 23.2 Å². The molecule has 5 rings (SSSR count). The Balaban J connectivity index is 1.53. The van der Waals surface area contributed by atoms with Crippen molar-refractivity contribution in [3.63, 3.8) is 0 Å². The summed E-state index contributed by atoms with van der Waals surface area (Å²) in [5.41, 5.74) is 0.556. The number of alkyl halides is 3. The number of amides is 1. The monoisotopic (exact) mass is 449 g/mol. The summed E-state index contributed by atoms with van der Waals surface area (Å²) in [6.07, 6.45) is -3.60. The normalized spacial score (nSPS) is 18.9. The van der Waals surface area contributed by atoms with Crippen molar-refractivity contribution < 1.29 is 31.9 Å². The van der Waals surface area contributed by atoms with Crippen molar-refractivity contribution in [1.82, 2.24) is 19.7 Å². The van der Waals surface area contributed by atoms with E-state index in [4.69, 9.17) is 0 Å². The SMILES string of the molecule is O=C1[C@H](O)[C@H](c2c(F)cc(-c3cnn(C(F)(F)F)c3)cc2F)N1c1ccc2[nH]cnc2c1. The number of halogens is 5. The number of aromatic nitrogens is 4. The minimum atomic E-state index is -4.78. The van der Waals surface area contributed by atoms with Crippen LogP contribution in [0.4, 0.5) is 27.6 Å². The zero-order valence-electron chi connectivity index (χ0n) is 15.8. The van der Waals surface area contributed by atoms with Crippen LogP contribution in [0.15, 0.2) is 49.1 Å². The van der Waals surface area contributed by atoms with Gasteiger partial charge >= 0.3 is 6.30 Å². The van der Waals surface area contributed by atoms with Crippen molar-refractivity contribution in [3.05, 3.63) is 66.3 Å². The van der Waals surface area contributed by atoms with Gasteiger partial charge in [-0.2, -0.15) is 9.78 Å². The number of rotatable bonds is 3. The van der Waals surface area contributed by atoms with Gasteiger partial charge in [-0.25, -0.2) is 13.8 Å².